The lowest BCUT2D eigenvalue weighted by atomic mass is 9.90. The van der Waals surface area contributed by atoms with Crippen molar-refractivity contribution in [3.8, 4) is 0 Å². The summed E-state index contributed by atoms with van der Waals surface area (Å²) in [7, 11) is 4.04. The first-order chi connectivity index (χ1) is 8.93. The van der Waals surface area contributed by atoms with Crippen molar-refractivity contribution in [1.29, 1.82) is 0 Å². The molecule has 1 aliphatic heterocycles. The predicted octanol–water partition coefficient (Wildman–Crippen LogP) is 1.35. The minimum Gasteiger partial charge on any atom is -0.386 e. The van der Waals surface area contributed by atoms with Gasteiger partial charge in [0.05, 0.1) is 18.7 Å². The topological polar surface area (TPSA) is 43.8 Å². The Morgan fingerprint density at radius 2 is 1.89 bits per heavy atom. The number of carbonyl (C=O) groups excluding carboxylic acids is 1. The summed E-state index contributed by atoms with van der Waals surface area (Å²) in [4.78, 5) is 16.0. The fourth-order valence-electron chi connectivity index (χ4n) is 2.33. The lowest BCUT2D eigenvalue weighted by Gasteiger charge is -2.46. The van der Waals surface area contributed by atoms with Crippen LogP contribution in [0.15, 0.2) is 24.3 Å². The van der Waals surface area contributed by atoms with Gasteiger partial charge in [0.15, 0.2) is 0 Å². The molecule has 0 atom stereocenters. The van der Waals surface area contributed by atoms with Gasteiger partial charge in [-0.25, -0.2) is 0 Å². The zero-order chi connectivity index (χ0) is 14.0. The number of rotatable bonds is 4. The van der Waals surface area contributed by atoms with Crippen molar-refractivity contribution in [2.24, 2.45) is 0 Å². The maximum atomic E-state index is 12.2. The fraction of sp³-hybridized carbons (Fsp3) is 0.533. The third-order valence-electron chi connectivity index (χ3n) is 3.62. The Morgan fingerprint density at radius 1 is 1.32 bits per heavy atom. The number of β-amino-alcohol motifs (C(OH)–C–C–N with tert-alkyl or cyclic N) is 1. The molecule has 0 aliphatic carbocycles. The molecule has 1 heterocycles. The maximum absolute atomic E-state index is 12.2. The van der Waals surface area contributed by atoms with Crippen molar-refractivity contribution < 1.29 is 9.90 Å². The third-order valence-corrected chi connectivity index (χ3v) is 3.62. The van der Waals surface area contributed by atoms with E-state index in [4.69, 9.17) is 0 Å². The summed E-state index contributed by atoms with van der Waals surface area (Å²) in [6, 6.07) is 7.70. The van der Waals surface area contributed by atoms with E-state index < -0.39 is 5.60 Å². The van der Waals surface area contributed by atoms with Crippen LogP contribution in [0.3, 0.4) is 0 Å². The number of hydrogen-bond donors (Lipinski definition) is 1. The number of benzene rings is 1. The molecule has 4 heteroatoms. The van der Waals surface area contributed by atoms with Crippen LogP contribution < -0.4 is 0 Å². The summed E-state index contributed by atoms with van der Waals surface area (Å²) >= 11 is 0. The minimum atomic E-state index is -0.666. The first-order valence-electron chi connectivity index (χ1n) is 6.69. The van der Waals surface area contributed by atoms with E-state index in [2.05, 4.69) is 4.90 Å². The van der Waals surface area contributed by atoms with Crippen LogP contribution in [-0.2, 0) is 6.54 Å². The third kappa shape index (κ3) is 3.14. The molecule has 1 amide bonds. The van der Waals surface area contributed by atoms with Gasteiger partial charge in [0.2, 0.25) is 0 Å². The highest BCUT2D eigenvalue weighted by molar-refractivity contribution is 5.95. The Morgan fingerprint density at radius 3 is 2.37 bits per heavy atom. The maximum Gasteiger partial charge on any atom is 0.254 e. The van der Waals surface area contributed by atoms with E-state index in [0.717, 1.165) is 6.54 Å². The Hall–Kier alpha value is -1.39. The molecule has 1 aromatic carbocycles. The normalized spacial score (nSPS) is 17.4. The number of nitrogens with zero attached hydrogens (tertiary/aromatic N) is 2. The Labute approximate surface area is 114 Å². The molecule has 1 aromatic rings. The molecule has 4 nitrogen and oxygen atoms in total. The van der Waals surface area contributed by atoms with Gasteiger partial charge in [0.1, 0.15) is 0 Å². The lowest BCUT2D eigenvalue weighted by molar-refractivity contribution is -0.0826. The van der Waals surface area contributed by atoms with Crippen LogP contribution in [0.2, 0.25) is 0 Å². The highest BCUT2D eigenvalue weighted by atomic mass is 16.3. The molecule has 1 fully saturated rings. The standard InChI is InChI=1S/C15H22N2O2/c1-4-15(19)10-17(11-15)14(18)13-7-5-12(6-8-13)9-16(2)3/h5-8,19H,4,9-11H2,1-3H3. The van der Waals surface area contributed by atoms with Gasteiger partial charge in [0.25, 0.3) is 5.91 Å². The van der Waals surface area contributed by atoms with Gasteiger partial charge < -0.3 is 14.9 Å². The van der Waals surface area contributed by atoms with Crippen LogP contribution in [0.4, 0.5) is 0 Å². The lowest BCUT2D eigenvalue weighted by Crippen LogP contribution is -2.63. The van der Waals surface area contributed by atoms with E-state index in [1.807, 2.05) is 45.3 Å². The largest absolute Gasteiger partial charge is 0.386 e. The van der Waals surface area contributed by atoms with E-state index in [9.17, 15) is 9.90 Å². The molecule has 1 N–H and O–H groups in total. The van der Waals surface area contributed by atoms with E-state index >= 15 is 0 Å². The van der Waals surface area contributed by atoms with Crippen molar-refractivity contribution in [2.45, 2.75) is 25.5 Å². The van der Waals surface area contributed by atoms with Gasteiger partial charge in [-0.15, -0.1) is 0 Å². The van der Waals surface area contributed by atoms with Gasteiger partial charge in [0, 0.05) is 12.1 Å². The molecular weight excluding hydrogens is 240 g/mol. The first-order valence-corrected chi connectivity index (χ1v) is 6.69. The van der Waals surface area contributed by atoms with Crippen molar-refractivity contribution in [3.05, 3.63) is 35.4 Å². The highest BCUT2D eigenvalue weighted by Gasteiger charge is 2.42. The minimum absolute atomic E-state index is 0.00882. The molecule has 104 valence electrons. The summed E-state index contributed by atoms with van der Waals surface area (Å²) in [5.41, 5.74) is 1.22. The molecular formula is C15H22N2O2. The zero-order valence-electron chi connectivity index (χ0n) is 11.9. The molecule has 0 unspecified atom stereocenters. The van der Waals surface area contributed by atoms with Crippen molar-refractivity contribution in [1.82, 2.24) is 9.80 Å². The molecule has 0 aromatic heterocycles. The number of aliphatic hydroxyl groups is 1. The van der Waals surface area contributed by atoms with Gasteiger partial charge in [-0.2, -0.15) is 0 Å². The van der Waals surface area contributed by atoms with Crippen LogP contribution in [0.1, 0.15) is 29.3 Å². The van der Waals surface area contributed by atoms with Gasteiger partial charge >= 0.3 is 0 Å². The number of carbonyl (C=O) groups is 1. The Kier molecular flexibility index (Phi) is 3.92. The Balaban J connectivity index is 1.97. The molecule has 2 rings (SSSR count). The second-order valence-electron chi connectivity index (χ2n) is 5.67. The number of likely N-dealkylation sites (tertiary alicyclic amines) is 1. The summed E-state index contributed by atoms with van der Waals surface area (Å²) in [5, 5.41) is 9.93. The number of hydrogen-bond acceptors (Lipinski definition) is 3. The molecule has 1 aliphatic rings. The fourth-order valence-corrected chi connectivity index (χ4v) is 2.33. The van der Waals surface area contributed by atoms with E-state index in [1.54, 1.807) is 4.90 Å². The highest BCUT2D eigenvalue weighted by Crippen LogP contribution is 2.25. The smallest absolute Gasteiger partial charge is 0.254 e. The molecule has 0 radical (unpaired) electrons. The molecule has 1 saturated heterocycles. The van der Waals surface area contributed by atoms with Crippen molar-refractivity contribution in [3.63, 3.8) is 0 Å². The van der Waals surface area contributed by atoms with Gasteiger partial charge in [-0.1, -0.05) is 19.1 Å². The van der Waals surface area contributed by atoms with E-state index in [1.165, 1.54) is 5.56 Å². The summed E-state index contributed by atoms with van der Waals surface area (Å²) in [6.45, 7) is 3.70. The zero-order valence-corrected chi connectivity index (χ0v) is 11.9. The summed E-state index contributed by atoms with van der Waals surface area (Å²) in [6.07, 6.45) is 0.693. The second kappa shape index (κ2) is 5.31. The van der Waals surface area contributed by atoms with Crippen LogP contribution >= 0.6 is 0 Å². The molecule has 0 spiro atoms. The quantitative estimate of drug-likeness (QED) is 0.890. The summed E-state index contributed by atoms with van der Waals surface area (Å²) in [5.74, 6) is 0.00882. The Bertz CT molecular complexity index is 448. The monoisotopic (exact) mass is 262 g/mol. The second-order valence-corrected chi connectivity index (χ2v) is 5.67. The average Bonchev–Trinajstić information content (AvgIpc) is 2.34. The van der Waals surface area contributed by atoms with Crippen LogP contribution in [0, 0.1) is 0 Å². The van der Waals surface area contributed by atoms with Gasteiger partial charge in [-0.3, -0.25) is 4.79 Å². The van der Waals surface area contributed by atoms with Crippen LogP contribution in [0.25, 0.3) is 0 Å². The first kappa shape index (κ1) is 14.0. The molecule has 19 heavy (non-hydrogen) atoms. The number of amides is 1. The predicted molar refractivity (Wildman–Crippen MR) is 75.0 cm³/mol. The van der Waals surface area contributed by atoms with Crippen molar-refractivity contribution >= 4 is 5.91 Å². The van der Waals surface area contributed by atoms with Crippen LogP contribution in [0.5, 0.6) is 0 Å². The van der Waals surface area contributed by atoms with Gasteiger partial charge in [-0.05, 0) is 38.2 Å². The van der Waals surface area contributed by atoms with Crippen molar-refractivity contribution in [2.75, 3.05) is 27.2 Å². The molecule has 0 saturated carbocycles. The molecule has 0 bridgehead atoms. The van der Waals surface area contributed by atoms with E-state index in [-0.39, 0.29) is 5.91 Å². The van der Waals surface area contributed by atoms with Crippen LogP contribution in [-0.4, -0.2) is 53.6 Å². The average molecular weight is 262 g/mol. The SMILES string of the molecule is CCC1(O)CN(C(=O)c2ccc(CN(C)C)cc2)C1. The summed E-state index contributed by atoms with van der Waals surface area (Å²) < 4.78 is 0. The van der Waals surface area contributed by atoms with E-state index in [0.29, 0.717) is 25.1 Å².